The van der Waals surface area contributed by atoms with Crippen LogP contribution in [0.25, 0.3) is 0 Å². The molecule has 9 nitrogen and oxygen atoms in total. The van der Waals surface area contributed by atoms with Gasteiger partial charge in [-0.2, -0.15) is 0 Å². The number of hydrogen-bond donors (Lipinski definition) is 3. The van der Waals surface area contributed by atoms with Crippen LogP contribution in [0.5, 0.6) is 0 Å². The third kappa shape index (κ3) is 6.63. The molecule has 3 N–H and O–H groups in total. The molecule has 0 bridgehead atoms. The fourth-order valence-corrected chi connectivity index (χ4v) is 6.07. The average molecular weight is 628 g/mol. The summed E-state index contributed by atoms with van der Waals surface area (Å²) in [6, 6.07) is 33.4. The van der Waals surface area contributed by atoms with Crippen molar-refractivity contribution in [3.8, 4) is 0 Å². The lowest BCUT2D eigenvalue weighted by Crippen LogP contribution is -2.44. The molecule has 2 amide bonds. The number of aryl methyl sites for hydroxylation is 1. The van der Waals surface area contributed by atoms with E-state index in [1.54, 1.807) is 27.8 Å². The van der Waals surface area contributed by atoms with Crippen LogP contribution in [-0.2, 0) is 23.5 Å². The molecule has 0 radical (unpaired) electrons. The quantitative estimate of drug-likeness (QED) is 0.153. The molecule has 2 heterocycles. The molecule has 0 fully saturated rings. The van der Waals surface area contributed by atoms with Gasteiger partial charge in [-0.25, -0.2) is 0 Å². The zero-order valence-corrected chi connectivity index (χ0v) is 26.1. The van der Waals surface area contributed by atoms with Gasteiger partial charge in [-0.05, 0) is 47.9 Å². The van der Waals surface area contributed by atoms with Gasteiger partial charge in [0, 0.05) is 35.5 Å². The molecule has 0 spiro atoms. The zero-order valence-electron chi connectivity index (χ0n) is 26.1. The van der Waals surface area contributed by atoms with Crippen LogP contribution < -0.4 is 10.2 Å². The first kappa shape index (κ1) is 31.6. The number of anilines is 2. The highest BCUT2D eigenvalue weighted by Crippen LogP contribution is 2.45. The van der Waals surface area contributed by atoms with E-state index in [2.05, 4.69) is 15.6 Å². The maximum Gasteiger partial charge on any atom is 0.264 e. The summed E-state index contributed by atoms with van der Waals surface area (Å²) in [7, 11) is 0. The number of carbonyl (C=O) groups excluding carboxylic acids is 2. The molecule has 1 aromatic heterocycles. The van der Waals surface area contributed by atoms with Crippen molar-refractivity contribution in [2.24, 2.45) is 5.92 Å². The van der Waals surface area contributed by atoms with Crippen LogP contribution in [0.15, 0.2) is 128 Å². The number of hydrogen-bond acceptors (Lipinski definition) is 6. The second kappa shape index (κ2) is 13.9. The third-order valence-corrected chi connectivity index (χ3v) is 8.64. The molecule has 1 aliphatic rings. The van der Waals surface area contributed by atoms with E-state index >= 15 is 0 Å². The van der Waals surface area contributed by atoms with Gasteiger partial charge in [0.05, 0.1) is 30.5 Å². The summed E-state index contributed by atoms with van der Waals surface area (Å²) in [5, 5.41) is 33.4. The minimum absolute atomic E-state index is 0.0680. The lowest BCUT2D eigenvalue weighted by atomic mass is 9.83. The van der Waals surface area contributed by atoms with Crippen molar-refractivity contribution >= 4 is 23.2 Å². The topological polar surface area (TPSA) is 121 Å². The van der Waals surface area contributed by atoms with Crippen molar-refractivity contribution in [3.05, 3.63) is 155 Å². The molecule has 47 heavy (non-hydrogen) atoms. The third-order valence-electron chi connectivity index (χ3n) is 8.64. The molecule has 1 aliphatic heterocycles. The van der Waals surface area contributed by atoms with Crippen LogP contribution in [0.3, 0.4) is 0 Å². The van der Waals surface area contributed by atoms with Crippen molar-refractivity contribution in [2.45, 2.75) is 38.0 Å². The number of fused-ring (bicyclic) bond motifs is 1. The van der Waals surface area contributed by atoms with Gasteiger partial charge in [0.15, 0.2) is 5.60 Å². The van der Waals surface area contributed by atoms with Gasteiger partial charge in [-0.3, -0.25) is 14.3 Å². The minimum Gasteiger partial charge on any atom is -0.395 e. The number of aromatic nitrogens is 3. The van der Waals surface area contributed by atoms with Gasteiger partial charge < -0.3 is 20.4 Å². The summed E-state index contributed by atoms with van der Waals surface area (Å²) >= 11 is 0. The Labute approximate surface area is 273 Å². The number of para-hydroxylation sites is 1. The first-order chi connectivity index (χ1) is 22.9. The second-order valence-corrected chi connectivity index (χ2v) is 11.8. The summed E-state index contributed by atoms with van der Waals surface area (Å²) in [6.45, 7) is 2.56. The van der Waals surface area contributed by atoms with Crippen molar-refractivity contribution in [1.82, 2.24) is 15.0 Å². The molecule has 9 heteroatoms. The van der Waals surface area contributed by atoms with E-state index in [1.807, 2.05) is 116 Å². The van der Waals surface area contributed by atoms with Gasteiger partial charge in [0.2, 0.25) is 0 Å². The fraction of sp³-hybridized carbons (Fsp3) is 0.211. The molecule has 0 saturated heterocycles. The summed E-state index contributed by atoms with van der Waals surface area (Å²) in [6.07, 6.45) is 6.27. The number of nitrogens with zero attached hydrogens (tertiary/aromatic N) is 4. The lowest BCUT2D eigenvalue weighted by molar-refractivity contribution is -0.139. The average Bonchev–Trinajstić information content (AvgIpc) is 3.65. The molecular formula is C38H37N5O4. The Hall–Kier alpha value is -5.38. The Morgan fingerprint density at radius 2 is 1.68 bits per heavy atom. The van der Waals surface area contributed by atoms with Crippen LogP contribution in [0, 0.1) is 5.92 Å². The van der Waals surface area contributed by atoms with Gasteiger partial charge in [-0.15, -0.1) is 5.10 Å². The van der Waals surface area contributed by atoms with E-state index in [0.717, 1.165) is 11.1 Å². The molecule has 5 aromatic rings. The van der Waals surface area contributed by atoms with E-state index in [4.69, 9.17) is 0 Å². The summed E-state index contributed by atoms with van der Waals surface area (Å²) in [4.78, 5) is 28.3. The minimum atomic E-state index is -1.74. The van der Waals surface area contributed by atoms with Crippen LogP contribution in [0.1, 0.15) is 52.0 Å². The number of aliphatic hydroxyl groups is 2. The van der Waals surface area contributed by atoms with Gasteiger partial charge in [0.1, 0.15) is 0 Å². The van der Waals surface area contributed by atoms with Crippen LogP contribution in [0.2, 0.25) is 0 Å². The molecule has 6 rings (SSSR count). The van der Waals surface area contributed by atoms with Gasteiger partial charge in [0.25, 0.3) is 11.8 Å². The van der Waals surface area contributed by atoms with Gasteiger partial charge >= 0.3 is 0 Å². The fourth-order valence-electron chi connectivity index (χ4n) is 6.07. The van der Waals surface area contributed by atoms with Crippen molar-refractivity contribution < 1.29 is 19.8 Å². The van der Waals surface area contributed by atoms with E-state index in [9.17, 15) is 19.8 Å². The highest BCUT2D eigenvalue weighted by molar-refractivity contribution is 6.07. The van der Waals surface area contributed by atoms with Crippen LogP contribution >= 0.6 is 0 Å². The Morgan fingerprint density at radius 1 is 0.957 bits per heavy atom. The highest BCUT2D eigenvalue weighted by atomic mass is 16.3. The van der Waals surface area contributed by atoms with E-state index in [0.29, 0.717) is 41.2 Å². The Bertz CT molecular complexity index is 1870. The van der Waals surface area contributed by atoms with Crippen molar-refractivity contribution in [1.29, 1.82) is 0 Å². The normalized spacial score (nSPS) is 17.1. The predicted molar refractivity (Wildman–Crippen MR) is 181 cm³/mol. The van der Waals surface area contributed by atoms with Crippen molar-refractivity contribution in [2.75, 3.05) is 16.8 Å². The Kier molecular flexibility index (Phi) is 9.37. The molecule has 4 aromatic carbocycles. The van der Waals surface area contributed by atoms with Crippen molar-refractivity contribution in [3.63, 3.8) is 0 Å². The Balaban J connectivity index is 1.12. The Morgan fingerprint density at radius 3 is 2.45 bits per heavy atom. The van der Waals surface area contributed by atoms with Crippen LogP contribution in [-0.4, -0.2) is 43.6 Å². The smallest absolute Gasteiger partial charge is 0.264 e. The predicted octanol–water partition coefficient (Wildman–Crippen LogP) is 5.67. The molecule has 3 atom stereocenters. The first-order valence-corrected chi connectivity index (χ1v) is 15.7. The van der Waals surface area contributed by atoms with E-state index < -0.39 is 17.4 Å². The van der Waals surface area contributed by atoms with E-state index in [1.165, 1.54) is 0 Å². The number of nitrogens with one attached hydrogen (secondary N) is 1. The van der Waals surface area contributed by atoms with Gasteiger partial charge in [-0.1, -0.05) is 103 Å². The first-order valence-electron chi connectivity index (χ1n) is 15.7. The van der Waals surface area contributed by atoms with Crippen LogP contribution in [0.4, 0.5) is 11.4 Å². The summed E-state index contributed by atoms with van der Waals surface area (Å²) in [5.74, 6) is -1.37. The standard InChI is InChI=1S/C38H37N5O4/c1-27(13-10-11-22-42-25-34(40-41-42)32(26-44)29-15-4-2-5-16-29)38(47)33-20-8-9-21-35(33)43(37(38)46)24-28-14-12-19-31(23-28)39-36(45)30-17-6-3-7-18-30/h2-10,12-21,23,25,27,32,44,47H,11,22,24,26H2,1H3,(H,39,45)/b13-10+/t27-,32?,38+/m0/s1. The SMILES string of the molecule is C[C@@H](/C=C/CCn1cc(C(CO)c2ccccc2)nn1)[C@]1(O)C(=O)N(Cc2cccc(NC(=O)c3ccccc3)c2)c2ccccc21. The number of amides is 2. The number of rotatable bonds is 12. The molecule has 1 unspecified atom stereocenters. The molecular weight excluding hydrogens is 590 g/mol. The second-order valence-electron chi connectivity index (χ2n) is 11.8. The maximum absolute atomic E-state index is 14.0. The van der Waals surface area contributed by atoms with E-state index in [-0.39, 0.29) is 25.0 Å². The molecule has 0 saturated carbocycles. The molecule has 238 valence electrons. The monoisotopic (exact) mass is 627 g/mol. The summed E-state index contributed by atoms with van der Waals surface area (Å²) in [5.41, 5.74) is 3.14. The summed E-state index contributed by atoms with van der Waals surface area (Å²) < 4.78 is 1.73. The maximum atomic E-state index is 14.0. The number of carbonyl (C=O) groups is 2. The molecule has 0 aliphatic carbocycles. The lowest BCUT2D eigenvalue weighted by Gasteiger charge is -2.27. The number of aliphatic hydroxyl groups excluding tert-OH is 1. The highest BCUT2D eigenvalue weighted by Gasteiger charge is 2.52. The largest absolute Gasteiger partial charge is 0.395 e. The number of allylic oxidation sites excluding steroid dienone is 1. The zero-order chi connectivity index (χ0) is 32.8. The number of benzene rings is 4.